The molecule has 3 N–H and O–H groups in total. The summed E-state index contributed by atoms with van der Waals surface area (Å²) in [4.78, 5) is 0.186. The average molecular weight is 369 g/mol. The van der Waals surface area contributed by atoms with Gasteiger partial charge in [-0.1, -0.05) is 37.3 Å². The molecule has 1 atom stereocenters. The van der Waals surface area contributed by atoms with Gasteiger partial charge < -0.3 is 5.73 Å². The molecule has 2 aromatic rings. The lowest BCUT2D eigenvalue weighted by atomic mass is 10.1. The molecular weight excluding hydrogens is 352 g/mol. The second-order valence-corrected chi connectivity index (χ2v) is 7.22. The Morgan fingerprint density at radius 1 is 1.19 bits per heavy atom. The molecule has 112 valence electrons. The van der Waals surface area contributed by atoms with Crippen molar-refractivity contribution in [3.05, 3.63) is 58.6 Å². The second-order valence-electron chi connectivity index (χ2n) is 4.68. The van der Waals surface area contributed by atoms with Crippen LogP contribution in [0, 0.1) is 0 Å². The van der Waals surface area contributed by atoms with Gasteiger partial charge in [-0.3, -0.25) is 0 Å². The first-order chi connectivity index (χ1) is 9.94. The molecule has 4 nitrogen and oxygen atoms in total. The van der Waals surface area contributed by atoms with Gasteiger partial charge in [0.05, 0.1) is 4.90 Å². The molecule has 0 bridgehead atoms. The predicted octanol–water partition coefficient (Wildman–Crippen LogP) is 3.46. The smallest absolute Gasteiger partial charge is 0.242 e. The Labute approximate surface area is 133 Å². The van der Waals surface area contributed by atoms with Crippen molar-refractivity contribution < 1.29 is 8.42 Å². The predicted molar refractivity (Wildman–Crippen MR) is 88.3 cm³/mol. The quantitative estimate of drug-likeness (QED) is 0.793. The van der Waals surface area contributed by atoms with Crippen LogP contribution in [0.3, 0.4) is 0 Å². The van der Waals surface area contributed by atoms with Gasteiger partial charge in [0.25, 0.3) is 0 Å². The van der Waals surface area contributed by atoms with Crippen molar-refractivity contribution in [2.24, 2.45) is 0 Å². The first kappa shape index (κ1) is 16.0. The molecule has 1 unspecified atom stereocenters. The van der Waals surface area contributed by atoms with Crippen LogP contribution in [-0.2, 0) is 10.0 Å². The molecule has 0 aliphatic rings. The van der Waals surface area contributed by atoms with Gasteiger partial charge in [0.2, 0.25) is 10.0 Å². The lowest BCUT2D eigenvalue weighted by Crippen LogP contribution is -2.28. The highest BCUT2D eigenvalue weighted by Crippen LogP contribution is 2.26. The summed E-state index contributed by atoms with van der Waals surface area (Å²) in [6, 6.07) is 13.9. The summed E-state index contributed by atoms with van der Waals surface area (Å²) in [5, 5.41) is 0. The maximum absolute atomic E-state index is 12.5. The molecule has 0 spiro atoms. The van der Waals surface area contributed by atoms with E-state index in [0.717, 1.165) is 5.56 Å². The van der Waals surface area contributed by atoms with Crippen molar-refractivity contribution in [1.29, 1.82) is 0 Å². The topological polar surface area (TPSA) is 72.2 Å². The zero-order valence-electron chi connectivity index (χ0n) is 11.6. The number of nitrogens with one attached hydrogen (secondary N) is 1. The molecule has 0 aromatic heterocycles. The van der Waals surface area contributed by atoms with Crippen LogP contribution in [-0.4, -0.2) is 8.42 Å². The van der Waals surface area contributed by atoms with Crippen molar-refractivity contribution in [3.8, 4) is 0 Å². The van der Waals surface area contributed by atoms with Gasteiger partial charge in [0.1, 0.15) is 0 Å². The highest BCUT2D eigenvalue weighted by molar-refractivity contribution is 9.10. The Morgan fingerprint density at radius 2 is 1.86 bits per heavy atom. The molecule has 2 aromatic carbocycles. The number of rotatable bonds is 5. The first-order valence-corrected chi connectivity index (χ1v) is 8.84. The molecule has 0 radical (unpaired) electrons. The number of sulfonamides is 1. The first-order valence-electron chi connectivity index (χ1n) is 6.56. The lowest BCUT2D eigenvalue weighted by Gasteiger charge is -2.18. The van der Waals surface area contributed by atoms with Gasteiger partial charge >= 0.3 is 0 Å². The number of nitrogens with two attached hydrogens (primary N) is 1. The number of hydrogen-bond acceptors (Lipinski definition) is 3. The van der Waals surface area contributed by atoms with Crippen molar-refractivity contribution in [2.45, 2.75) is 24.3 Å². The molecule has 0 saturated carbocycles. The molecule has 0 aliphatic heterocycles. The fraction of sp³-hybridized carbons (Fsp3) is 0.200. The van der Waals surface area contributed by atoms with E-state index in [-0.39, 0.29) is 10.9 Å². The van der Waals surface area contributed by atoms with E-state index >= 15 is 0 Å². The van der Waals surface area contributed by atoms with Gasteiger partial charge in [0, 0.05) is 16.2 Å². The second kappa shape index (κ2) is 6.60. The molecule has 0 amide bonds. The zero-order valence-corrected chi connectivity index (χ0v) is 14.0. The largest absolute Gasteiger partial charge is 0.399 e. The fourth-order valence-corrected chi connectivity index (χ4v) is 4.46. The Kier molecular flexibility index (Phi) is 5.03. The Balaban J connectivity index is 2.32. The molecule has 21 heavy (non-hydrogen) atoms. The SMILES string of the molecule is CCC(NS(=O)(=O)c1ccc(N)cc1Br)c1ccccc1. The number of benzene rings is 2. The number of nitrogen functional groups attached to an aromatic ring is 1. The normalized spacial score (nSPS) is 13.0. The Bertz CT molecular complexity index is 718. The number of anilines is 1. The highest BCUT2D eigenvalue weighted by Gasteiger charge is 2.22. The molecule has 0 heterocycles. The van der Waals surface area contributed by atoms with Gasteiger partial charge in [-0.2, -0.15) is 0 Å². The van der Waals surface area contributed by atoms with E-state index in [4.69, 9.17) is 5.73 Å². The minimum Gasteiger partial charge on any atom is -0.399 e. The summed E-state index contributed by atoms with van der Waals surface area (Å²) in [7, 11) is -3.62. The van der Waals surface area contributed by atoms with Crippen LogP contribution in [0.15, 0.2) is 57.9 Å². The van der Waals surface area contributed by atoms with E-state index in [2.05, 4.69) is 20.7 Å². The summed E-state index contributed by atoms with van der Waals surface area (Å²) in [6.45, 7) is 1.94. The van der Waals surface area contributed by atoms with Gasteiger partial charge in [-0.05, 0) is 46.1 Å². The van der Waals surface area contributed by atoms with E-state index in [1.165, 1.54) is 6.07 Å². The van der Waals surface area contributed by atoms with Crippen molar-refractivity contribution in [3.63, 3.8) is 0 Å². The van der Waals surface area contributed by atoms with E-state index < -0.39 is 10.0 Å². The van der Waals surface area contributed by atoms with Gasteiger partial charge in [0.15, 0.2) is 0 Å². The average Bonchev–Trinajstić information content (AvgIpc) is 2.45. The summed E-state index contributed by atoms with van der Waals surface area (Å²) >= 11 is 3.25. The van der Waals surface area contributed by atoms with Crippen LogP contribution >= 0.6 is 15.9 Å². The van der Waals surface area contributed by atoms with Crippen LogP contribution in [0.1, 0.15) is 24.9 Å². The minimum absolute atomic E-state index is 0.186. The summed E-state index contributed by atoms with van der Waals surface area (Å²) in [5.41, 5.74) is 7.09. The fourth-order valence-electron chi connectivity index (χ4n) is 2.06. The molecular formula is C15H17BrN2O2S. The van der Waals surface area contributed by atoms with E-state index in [1.54, 1.807) is 12.1 Å². The molecule has 6 heteroatoms. The lowest BCUT2D eigenvalue weighted by molar-refractivity contribution is 0.549. The minimum atomic E-state index is -3.62. The van der Waals surface area contributed by atoms with Gasteiger partial charge in [-0.25, -0.2) is 13.1 Å². The van der Waals surface area contributed by atoms with Crippen LogP contribution in [0.2, 0.25) is 0 Å². The van der Waals surface area contributed by atoms with Crippen LogP contribution in [0.4, 0.5) is 5.69 Å². The van der Waals surface area contributed by atoms with Crippen LogP contribution < -0.4 is 10.5 Å². The third-order valence-electron chi connectivity index (χ3n) is 3.15. The highest BCUT2D eigenvalue weighted by atomic mass is 79.9. The number of hydrogen-bond donors (Lipinski definition) is 2. The van der Waals surface area contributed by atoms with Crippen molar-refractivity contribution in [2.75, 3.05) is 5.73 Å². The Hall–Kier alpha value is -1.37. The third-order valence-corrected chi connectivity index (χ3v) is 5.60. The molecule has 0 fully saturated rings. The summed E-state index contributed by atoms with van der Waals surface area (Å²) < 4.78 is 28.2. The molecule has 0 saturated heterocycles. The monoisotopic (exact) mass is 368 g/mol. The summed E-state index contributed by atoms with van der Waals surface area (Å²) in [5.74, 6) is 0. The van der Waals surface area contributed by atoms with Crippen molar-refractivity contribution in [1.82, 2.24) is 4.72 Å². The van der Waals surface area contributed by atoms with Crippen molar-refractivity contribution >= 4 is 31.6 Å². The molecule has 2 rings (SSSR count). The summed E-state index contributed by atoms with van der Waals surface area (Å²) in [6.07, 6.45) is 0.663. The van der Waals surface area contributed by atoms with Gasteiger partial charge in [-0.15, -0.1) is 0 Å². The van der Waals surface area contributed by atoms with E-state index in [1.807, 2.05) is 37.3 Å². The molecule has 0 aliphatic carbocycles. The number of halogens is 1. The maximum Gasteiger partial charge on any atom is 0.242 e. The maximum atomic E-state index is 12.5. The van der Waals surface area contributed by atoms with E-state index in [9.17, 15) is 8.42 Å². The van der Waals surface area contributed by atoms with Crippen LogP contribution in [0.5, 0.6) is 0 Å². The van der Waals surface area contributed by atoms with E-state index in [0.29, 0.717) is 16.6 Å². The third kappa shape index (κ3) is 3.84. The standard InChI is InChI=1S/C15H17BrN2O2S/c1-2-14(11-6-4-3-5-7-11)18-21(19,20)15-9-8-12(17)10-13(15)16/h3-10,14,18H,2,17H2,1H3. The zero-order chi connectivity index (χ0) is 15.5. The Morgan fingerprint density at radius 3 is 2.43 bits per heavy atom. The van der Waals surface area contributed by atoms with Crippen LogP contribution in [0.25, 0.3) is 0 Å².